The van der Waals surface area contributed by atoms with Crippen molar-refractivity contribution in [2.24, 2.45) is 17.8 Å². The quantitative estimate of drug-likeness (QED) is 0.888. The highest BCUT2D eigenvalue weighted by atomic mass is 19.4. The van der Waals surface area contributed by atoms with Crippen LogP contribution in [0.15, 0.2) is 24.3 Å². The van der Waals surface area contributed by atoms with Crippen molar-refractivity contribution in [2.75, 3.05) is 0 Å². The van der Waals surface area contributed by atoms with Gasteiger partial charge in [0.1, 0.15) is 0 Å². The van der Waals surface area contributed by atoms with E-state index >= 15 is 0 Å². The number of nitrogens with one attached hydrogen (secondary N) is 1. The zero-order chi connectivity index (χ0) is 15.9. The summed E-state index contributed by atoms with van der Waals surface area (Å²) in [5.41, 5.74) is -0.711. The van der Waals surface area contributed by atoms with Crippen molar-refractivity contribution in [3.63, 3.8) is 0 Å². The monoisotopic (exact) mass is 311 g/mol. The predicted molar refractivity (Wildman–Crippen MR) is 77.3 cm³/mol. The van der Waals surface area contributed by atoms with Crippen LogP contribution >= 0.6 is 0 Å². The SMILES string of the molecule is C[C@H](NC(=O)c1cccc(C(F)(F)F)c1)[C@H]1C[C@H]2CC[C@H]1C2. The number of halogens is 3. The molecule has 0 heterocycles. The van der Waals surface area contributed by atoms with Crippen LogP contribution in [0.3, 0.4) is 0 Å². The Morgan fingerprint density at radius 1 is 1.27 bits per heavy atom. The summed E-state index contributed by atoms with van der Waals surface area (Å²) in [5, 5.41) is 2.90. The number of alkyl halides is 3. The molecule has 0 radical (unpaired) electrons. The van der Waals surface area contributed by atoms with Crippen LogP contribution in [0.1, 0.15) is 48.5 Å². The maximum Gasteiger partial charge on any atom is 0.416 e. The molecule has 0 aliphatic heterocycles. The Kier molecular flexibility index (Phi) is 3.91. The second-order valence-corrected chi connectivity index (χ2v) is 6.68. The zero-order valence-electron chi connectivity index (χ0n) is 12.5. The van der Waals surface area contributed by atoms with E-state index in [0.29, 0.717) is 11.8 Å². The molecule has 4 atom stereocenters. The maximum absolute atomic E-state index is 12.7. The Morgan fingerprint density at radius 2 is 2.05 bits per heavy atom. The highest BCUT2D eigenvalue weighted by Crippen LogP contribution is 2.49. The van der Waals surface area contributed by atoms with Crippen LogP contribution < -0.4 is 5.32 Å². The molecule has 0 aromatic heterocycles. The van der Waals surface area contributed by atoms with E-state index in [9.17, 15) is 18.0 Å². The van der Waals surface area contributed by atoms with Crippen molar-refractivity contribution in [1.82, 2.24) is 5.32 Å². The Hall–Kier alpha value is -1.52. The van der Waals surface area contributed by atoms with Crippen molar-refractivity contribution >= 4 is 5.91 Å². The molecule has 3 rings (SSSR count). The molecular formula is C17H20F3NO. The second-order valence-electron chi connectivity index (χ2n) is 6.68. The van der Waals surface area contributed by atoms with Gasteiger partial charge in [0.2, 0.25) is 0 Å². The Labute approximate surface area is 128 Å². The predicted octanol–water partition coefficient (Wildman–Crippen LogP) is 4.26. The average Bonchev–Trinajstić information content (AvgIpc) is 3.09. The van der Waals surface area contributed by atoms with Gasteiger partial charge in [0.05, 0.1) is 5.56 Å². The van der Waals surface area contributed by atoms with Gasteiger partial charge in [0.15, 0.2) is 0 Å². The van der Waals surface area contributed by atoms with Crippen molar-refractivity contribution in [3.8, 4) is 0 Å². The lowest BCUT2D eigenvalue weighted by Crippen LogP contribution is -2.40. The van der Waals surface area contributed by atoms with Crippen LogP contribution in [-0.4, -0.2) is 11.9 Å². The first kappa shape index (κ1) is 15.4. The molecule has 2 saturated carbocycles. The third-order valence-electron chi connectivity index (χ3n) is 5.25. The van der Waals surface area contributed by atoms with E-state index < -0.39 is 17.6 Å². The fraction of sp³-hybridized carbons (Fsp3) is 0.588. The van der Waals surface area contributed by atoms with Crippen LogP contribution in [0.4, 0.5) is 13.2 Å². The summed E-state index contributed by atoms with van der Waals surface area (Å²) in [6, 6.07) is 4.62. The van der Waals surface area contributed by atoms with Gasteiger partial charge < -0.3 is 5.32 Å². The van der Waals surface area contributed by atoms with Crippen LogP contribution in [-0.2, 0) is 6.18 Å². The topological polar surface area (TPSA) is 29.1 Å². The van der Waals surface area contributed by atoms with Gasteiger partial charge in [0, 0.05) is 11.6 Å². The van der Waals surface area contributed by atoms with E-state index in [2.05, 4.69) is 5.32 Å². The van der Waals surface area contributed by atoms with Crippen LogP contribution in [0.5, 0.6) is 0 Å². The number of fused-ring (bicyclic) bond motifs is 2. The number of carbonyl (C=O) groups excluding carboxylic acids is 1. The maximum atomic E-state index is 12.7. The van der Waals surface area contributed by atoms with Gasteiger partial charge in [-0.25, -0.2) is 0 Å². The van der Waals surface area contributed by atoms with E-state index in [1.807, 2.05) is 6.92 Å². The minimum atomic E-state index is -4.42. The largest absolute Gasteiger partial charge is 0.416 e. The number of benzene rings is 1. The smallest absolute Gasteiger partial charge is 0.349 e. The standard InChI is InChI=1S/C17H20F3NO/c1-10(15-8-11-5-6-12(15)7-11)21-16(22)13-3-2-4-14(9-13)17(18,19)20/h2-4,9-12,15H,5-8H2,1H3,(H,21,22)/t10-,11-,12-,15+/m0/s1. The van der Waals surface area contributed by atoms with Gasteiger partial charge in [-0.05, 0) is 62.1 Å². The fourth-order valence-electron chi connectivity index (χ4n) is 4.14. The molecule has 1 aromatic carbocycles. The summed E-state index contributed by atoms with van der Waals surface area (Å²) in [6.07, 6.45) is 0.463. The minimum absolute atomic E-state index is 0.0114. The number of amides is 1. The van der Waals surface area contributed by atoms with Gasteiger partial charge in [-0.3, -0.25) is 4.79 Å². The van der Waals surface area contributed by atoms with E-state index in [-0.39, 0.29) is 11.6 Å². The number of rotatable bonds is 3. The summed E-state index contributed by atoms with van der Waals surface area (Å²) < 4.78 is 38.1. The number of hydrogen-bond donors (Lipinski definition) is 1. The van der Waals surface area contributed by atoms with Crippen molar-refractivity contribution in [1.29, 1.82) is 0 Å². The molecule has 2 nitrogen and oxygen atoms in total. The first-order valence-corrected chi connectivity index (χ1v) is 7.82. The molecule has 1 amide bonds. The Morgan fingerprint density at radius 3 is 2.64 bits per heavy atom. The molecule has 2 aliphatic carbocycles. The summed E-state index contributed by atoms with van der Waals surface area (Å²) in [4.78, 5) is 12.2. The molecule has 2 aliphatic rings. The fourth-order valence-corrected chi connectivity index (χ4v) is 4.14. The Balaban J connectivity index is 1.67. The molecule has 120 valence electrons. The van der Waals surface area contributed by atoms with E-state index in [4.69, 9.17) is 0 Å². The average molecular weight is 311 g/mol. The van der Waals surface area contributed by atoms with E-state index in [0.717, 1.165) is 24.5 Å². The lowest BCUT2D eigenvalue weighted by molar-refractivity contribution is -0.137. The first-order chi connectivity index (χ1) is 10.3. The van der Waals surface area contributed by atoms with E-state index in [1.54, 1.807) is 0 Å². The summed E-state index contributed by atoms with van der Waals surface area (Å²) >= 11 is 0. The lowest BCUT2D eigenvalue weighted by atomic mass is 9.84. The Bertz CT molecular complexity index is 569. The molecule has 0 unspecified atom stereocenters. The van der Waals surface area contributed by atoms with Crippen molar-refractivity contribution < 1.29 is 18.0 Å². The highest BCUT2D eigenvalue weighted by Gasteiger charge is 2.42. The van der Waals surface area contributed by atoms with Gasteiger partial charge in [-0.1, -0.05) is 12.5 Å². The van der Waals surface area contributed by atoms with Gasteiger partial charge >= 0.3 is 6.18 Å². The van der Waals surface area contributed by atoms with Crippen LogP contribution in [0.25, 0.3) is 0 Å². The van der Waals surface area contributed by atoms with E-state index in [1.165, 1.54) is 31.4 Å². The third kappa shape index (κ3) is 2.99. The minimum Gasteiger partial charge on any atom is -0.349 e. The van der Waals surface area contributed by atoms with Crippen molar-refractivity contribution in [3.05, 3.63) is 35.4 Å². The number of hydrogen-bond acceptors (Lipinski definition) is 1. The first-order valence-electron chi connectivity index (χ1n) is 7.82. The third-order valence-corrected chi connectivity index (χ3v) is 5.25. The highest BCUT2D eigenvalue weighted by molar-refractivity contribution is 5.94. The molecular weight excluding hydrogens is 291 g/mol. The molecule has 2 bridgehead atoms. The molecule has 0 spiro atoms. The lowest BCUT2D eigenvalue weighted by Gasteiger charge is -2.28. The zero-order valence-corrected chi connectivity index (χ0v) is 12.5. The van der Waals surface area contributed by atoms with Crippen molar-refractivity contribution in [2.45, 2.75) is 44.8 Å². The van der Waals surface area contributed by atoms with Gasteiger partial charge in [0.25, 0.3) is 5.91 Å². The second kappa shape index (κ2) is 5.60. The van der Waals surface area contributed by atoms with Gasteiger partial charge in [-0.15, -0.1) is 0 Å². The molecule has 0 saturated heterocycles. The van der Waals surface area contributed by atoms with Gasteiger partial charge in [-0.2, -0.15) is 13.2 Å². The molecule has 2 fully saturated rings. The summed E-state index contributed by atoms with van der Waals surface area (Å²) in [7, 11) is 0. The van der Waals surface area contributed by atoms with Crippen LogP contribution in [0, 0.1) is 17.8 Å². The van der Waals surface area contributed by atoms with Crippen LogP contribution in [0.2, 0.25) is 0 Å². The molecule has 22 heavy (non-hydrogen) atoms. The molecule has 5 heteroatoms. The summed E-state index contributed by atoms with van der Waals surface area (Å²) in [5.74, 6) is 1.50. The summed E-state index contributed by atoms with van der Waals surface area (Å²) in [6.45, 7) is 1.97. The number of carbonyl (C=O) groups is 1. The molecule has 1 N–H and O–H groups in total. The molecule has 1 aromatic rings. The normalized spacial score (nSPS) is 28.6.